The smallest absolute Gasteiger partial charge is 0.243 e. The number of anilines is 1. The van der Waals surface area contributed by atoms with E-state index in [4.69, 9.17) is 0 Å². The van der Waals surface area contributed by atoms with E-state index < -0.39 is 10.0 Å². The Labute approximate surface area is 179 Å². The van der Waals surface area contributed by atoms with Crippen molar-refractivity contribution in [2.75, 3.05) is 24.5 Å². The number of aryl methyl sites for hydroxylation is 4. The van der Waals surface area contributed by atoms with E-state index in [0.29, 0.717) is 30.8 Å². The first-order valence-electron chi connectivity index (χ1n) is 10.8. The minimum absolute atomic E-state index is 0.122. The second-order valence-electron chi connectivity index (χ2n) is 8.65. The zero-order valence-electron chi connectivity index (χ0n) is 18.0. The van der Waals surface area contributed by atoms with Gasteiger partial charge in [0.2, 0.25) is 15.9 Å². The molecule has 2 aromatic rings. The molecule has 4 rings (SSSR count). The van der Waals surface area contributed by atoms with Crippen molar-refractivity contribution in [1.82, 2.24) is 4.31 Å². The topological polar surface area (TPSA) is 57.7 Å². The summed E-state index contributed by atoms with van der Waals surface area (Å²) >= 11 is 0. The Morgan fingerprint density at radius 3 is 2.37 bits per heavy atom. The summed E-state index contributed by atoms with van der Waals surface area (Å²) in [6, 6.07) is 11.6. The summed E-state index contributed by atoms with van der Waals surface area (Å²) in [5, 5.41) is 0. The molecule has 30 heavy (non-hydrogen) atoms. The average molecular weight is 427 g/mol. The van der Waals surface area contributed by atoms with E-state index in [2.05, 4.69) is 25.1 Å². The van der Waals surface area contributed by atoms with Crippen LogP contribution in [-0.2, 0) is 21.2 Å². The fourth-order valence-electron chi connectivity index (χ4n) is 4.54. The fourth-order valence-corrected chi connectivity index (χ4v) is 6.10. The molecule has 1 amide bonds. The molecule has 0 aromatic heterocycles. The molecule has 6 heteroatoms. The first kappa shape index (κ1) is 21.1. The molecule has 0 unspecified atom stereocenters. The highest BCUT2D eigenvalue weighted by atomic mass is 32.2. The van der Waals surface area contributed by atoms with Gasteiger partial charge in [0.15, 0.2) is 0 Å². The van der Waals surface area contributed by atoms with Crippen LogP contribution in [0.2, 0.25) is 0 Å². The number of carbonyl (C=O) groups excluding carboxylic acids is 1. The number of hydrogen-bond donors (Lipinski definition) is 0. The normalized spacial score (nSPS) is 18.3. The van der Waals surface area contributed by atoms with Crippen molar-refractivity contribution in [2.24, 2.45) is 5.92 Å². The molecule has 2 heterocycles. The Bertz CT molecular complexity index is 1070. The van der Waals surface area contributed by atoms with Gasteiger partial charge in [-0.15, -0.1) is 0 Å². The van der Waals surface area contributed by atoms with Gasteiger partial charge >= 0.3 is 0 Å². The van der Waals surface area contributed by atoms with Crippen LogP contribution in [0.4, 0.5) is 5.69 Å². The van der Waals surface area contributed by atoms with E-state index >= 15 is 0 Å². The second-order valence-corrected chi connectivity index (χ2v) is 10.6. The van der Waals surface area contributed by atoms with Gasteiger partial charge < -0.3 is 4.90 Å². The van der Waals surface area contributed by atoms with Crippen LogP contribution >= 0.6 is 0 Å². The van der Waals surface area contributed by atoms with Crippen LogP contribution in [0.25, 0.3) is 0 Å². The number of rotatable bonds is 3. The minimum Gasteiger partial charge on any atom is -0.312 e. The minimum atomic E-state index is -3.52. The lowest BCUT2D eigenvalue weighted by Crippen LogP contribution is -2.45. The molecule has 5 nitrogen and oxygen atoms in total. The van der Waals surface area contributed by atoms with Gasteiger partial charge in [0, 0.05) is 31.2 Å². The third-order valence-corrected chi connectivity index (χ3v) is 8.43. The summed E-state index contributed by atoms with van der Waals surface area (Å²) in [5.74, 6) is 0.0199. The van der Waals surface area contributed by atoms with Gasteiger partial charge in [-0.25, -0.2) is 8.42 Å². The Hall–Kier alpha value is -2.18. The van der Waals surface area contributed by atoms with E-state index in [9.17, 15) is 13.2 Å². The molecule has 2 aliphatic heterocycles. The lowest BCUT2D eigenvalue weighted by atomic mass is 9.93. The van der Waals surface area contributed by atoms with E-state index in [1.165, 1.54) is 15.4 Å². The molecule has 0 aliphatic carbocycles. The van der Waals surface area contributed by atoms with E-state index in [0.717, 1.165) is 36.2 Å². The van der Waals surface area contributed by atoms with Gasteiger partial charge in [-0.2, -0.15) is 4.31 Å². The van der Waals surface area contributed by atoms with E-state index in [-0.39, 0.29) is 11.8 Å². The SMILES string of the molecule is Cc1ccc2c(c1)CCCN2C(=O)C1CCN(S(=O)(=O)c2ccc(C)c(C)c2)CC1. The number of benzene rings is 2. The third kappa shape index (κ3) is 3.91. The third-order valence-electron chi connectivity index (χ3n) is 6.54. The standard InChI is InChI=1S/C24H30N2O3S/c1-17-6-9-23-21(15-17)5-4-12-26(23)24(27)20-10-13-25(14-11-20)30(28,29)22-8-7-18(2)19(3)16-22/h6-9,15-16,20H,4-5,10-14H2,1-3H3. The van der Waals surface area contributed by atoms with Gasteiger partial charge in [-0.3, -0.25) is 4.79 Å². The Morgan fingerprint density at radius 2 is 1.67 bits per heavy atom. The first-order valence-corrected chi connectivity index (χ1v) is 12.2. The molecule has 0 bridgehead atoms. The number of piperidine rings is 1. The summed E-state index contributed by atoms with van der Waals surface area (Å²) in [6.45, 7) is 7.50. The molecule has 1 fully saturated rings. The number of hydrogen-bond acceptors (Lipinski definition) is 3. The van der Waals surface area contributed by atoms with Crippen LogP contribution in [-0.4, -0.2) is 38.3 Å². The zero-order valence-corrected chi connectivity index (χ0v) is 18.8. The van der Waals surface area contributed by atoms with Crippen molar-refractivity contribution in [3.05, 3.63) is 58.7 Å². The molecule has 0 N–H and O–H groups in total. The van der Waals surface area contributed by atoms with E-state index in [1.807, 2.05) is 24.8 Å². The lowest BCUT2D eigenvalue weighted by Gasteiger charge is -2.36. The summed E-state index contributed by atoms with van der Waals surface area (Å²) in [6.07, 6.45) is 3.12. The molecule has 0 radical (unpaired) electrons. The van der Waals surface area contributed by atoms with Crippen molar-refractivity contribution < 1.29 is 13.2 Å². The lowest BCUT2D eigenvalue weighted by molar-refractivity contribution is -0.123. The Balaban J connectivity index is 1.46. The largest absolute Gasteiger partial charge is 0.312 e. The number of sulfonamides is 1. The molecule has 0 saturated carbocycles. The van der Waals surface area contributed by atoms with Gasteiger partial charge in [-0.1, -0.05) is 23.8 Å². The number of amides is 1. The summed E-state index contributed by atoms with van der Waals surface area (Å²) in [4.78, 5) is 15.5. The van der Waals surface area contributed by atoms with Crippen LogP contribution < -0.4 is 4.90 Å². The molecule has 2 aliphatic rings. The predicted molar refractivity (Wildman–Crippen MR) is 119 cm³/mol. The second kappa shape index (κ2) is 8.16. The van der Waals surface area contributed by atoms with Crippen LogP contribution in [0, 0.1) is 26.7 Å². The van der Waals surface area contributed by atoms with Crippen molar-refractivity contribution in [3.63, 3.8) is 0 Å². The maximum atomic E-state index is 13.3. The number of nitrogens with zero attached hydrogens (tertiary/aromatic N) is 2. The quantitative estimate of drug-likeness (QED) is 0.746. The van der Waals surface area contributed by atoms with Gasteiger partial charge in [0.25, 0.3) is 0 Å². The average Bonchev–Trinajstić information content (AvgIpc) is 2.74. The first-order chi connectivity index (χ1) is 14.3. The predicted octanol–water partition coefficient (Wildman–Crippen LogP) is 3.99. The highest BCUT2D eigenvalue weighted by Gasteiger charge is 2.35. The van der Waals surface area contributed by atoms with Crippen molar-refractivity contribution >= 4 is 21.6 Å². The Kier molecular flexibility index (Phi) is 5.73. The summed E-state index contributed by atoms with van der Waals surface area (Å²) < 4.78 is 27.6. The zero-order chi connectivity index (χ0) is 21.5. The van der Waals surface area contributed by atoms with Crippen molar-refractivity contribution in [3.8, 4) is 0 Å². The highest BCUT2D eigenvalue weighted by molar-refractivity contribution is 7.89. The Morgan fingerprint density at radius 1 is 0.933 bits per heavy atom. The van der Waals surface area contributed by atoms with Crippen LogP contribution in [0.3, 0.4) is 0 Å². The van der Waals surface area contributed by atoms with Crippen LogP contribution in [0.1, 0.15) is 41.5 Å². The summed E-state index contributed by atoms with van der Waals surface area (Å²) in [7, 11) is -3.52. The molecular weight excluding hydrogens is 396 g/mol. The molecule has 0 atom stereocenters. The van der Waals surface area contributed by atoms with Crippen molar-refractivity contribution in [2.45, 2.75) is 51.3 Å². The molecule has 0 spiro atoms. The number of carbonyl (C=O) groups is 1. The van der Waals surface area contributed by atoms with Crippen LogP contribution in [0.5, 0.6) is 0 Å². The van der Waals surface area contributed by atoms with Crippen LogP contribution in [0.15, 0.2) is 41.3 Å². The maximum Gasteiger partial charge on any atom is 0.243 e. The van der Waals surface area contributed by atoms with Gasteiger partial charge in [-0.05, 0) is 81.3 Å². The van der Waals surface area contributed by atoms with Gasteiger partial charge in [0.05, 0.1) is 4.90 Å². The molecule has 1 saturated heterocycles. The highest BCUT2D eigenvalue weighted by Crippen LogP contribution is 2.32. The molecule has 160 valence electrons. The van der Waals surface area contributed by atoms with Gasteiger partial charge in [0.1, 0.15) is 0 Å². The van der Waals surface area contributed by atoms with Crippen molar-refractivity contribution in [1.29, 1.82) is 0 Å². The fraction of sp³-hybridized carbons (Fsp3) is 0.458. The molecular formula is C24H30N2O3S. The molecule has 2 aromatic carbocycles. The summed E-state index contributed by atoms with van der Waals surface area (Å²) in [5.41, 5.74) is 5.54. The number of fused-ring (bicyclic) bond motifs is 1. The van der Waals surface area contributed by atoms with E-state index in [1.54, 1.807) is 12.1 Å². The maximum absolute atomic E-state index is 13.3. The monoisotopic (exact) mass is 426 g/mol.